The van der Waals surface area contributed by atoms with Crippen molar-refractivity contribution in [3.05, 3.63) is 89.0 Å². The van der Waals surface area contributed by atoms with Gasteiger partial charge in [-0.1, -0.05) is 36.4 Å². The maximum Gasteiger partial charge on any atom is 0.293 e. The van der Waals surface area contributed by atoms with Gasteiger partial charge in [0.15, 0.2) is 0 Å². The van der Waals surface area contributed by atoms with Gasteiger partial charge in [0.1, 0.15) is 5.69 Å². The van der Waals surface area contributed by atoms with Crippen molar-refractivity contribution in [2.75, 3.05) is 9.44 Å². The molecule has 0 bridgehead atoms. The summed E-state index contributed by atoms with van der Waals surface area (Å²) >= 11 is 0. The van der Waals surface area contributed by atoms with Gasteiger partial charge in [0.25, 0.3) is 25.7 Å². The summed E-state index contributed by atoms with van der Waals surface area (Å²) in [5, 5.41) is 11.3. The van der Waals surface area contributed by atoms with E-state index in [0.717, 1.165) is 12.1 Å². The number of sulfonamides is 2. The average Bonchev–Trinajstić information content (AvgIpc) is 2.69. The molecule has 0 amide bonds. The Morgan fingerprint density at radius 2 is 1.17 bits per heavy atom. The van der Waals surface area contributed by atoms with Crippen LogP contribution >= 0.6 is 0 Å². The number of hydrogen-bond donors (Lipinski definition) is 2. The molecule has 9 nitrogen and oxygen atoms in total. The zero-order valence-corrected chi connectivity index (χ0v) is 16.4. The van der Waals surface area contributed by atoms with Crippen molar-refractivity contribution in [1.82, 2.24) is 0 Å². The molecular weight excluding hydrogens is 418 g/mol. The molecule has 0 saturated carbocycles. The van der Waals surface area contributed by atoms with Crippen LogP contribution in [0.4, 0.5) is 17.1 Å². The monoisotopic (exact) mass is 433 g/mol. The van der Waals surface area contributed by atoms with Crippen LogP contribution in [0.2, 0.25) is 0 Å². The highest BCUT2D eigenvalue weighted by Crippen LogP contribution is 2.30. The van der Waals surface area contributed by atoms with Crippen LogP contribution in [0.3, 0.4) is 0 Å². The quantitative estimate of drug-likeness (QED) is 0.434. The van der Waals surface area contributed by atoms with Gasteiger partial charge in [0, 0.05) is 6.07 Å². The van der Waals surface area contributed by atoms with E-state index in [1.165, 1.54) is 42.5 Å². The third-order valence-corrected chi connectivity index (χ3v) is 6.58. The molecule has 11 heteroatoms. The van der Waals surface area contributed by atoms with Crippen molar-refractivity contribution in [3.63, 3.8) is 0 Å². The van der Waals surface area contributed by atoms with Gasteiger partial charge in [-0.25, -0.2) is 16.8 Å². The predicted octanol–water partition coefficient (Wildman–Crippen LogP) is 3.20. The van der Waals surface area contributed by atoms with E-state index in [1.54, 1.807) is 24.3 Å². The van der Waals surface area contributed by atoms with Crippen LogP contribution in [0.15, 0.2) is 88.7 Å². The average molecular weight is 433 g/mol. The standard InChI is InChI=1S/C18H15N3O6S2/c22-21(23)18-12-11-14(19-28(24,25)15-7-3-1-4-8-15)13-17(18)20-29(26,27)16-9-5-2-6-10-16/h1-13,19-20H. The second-order valence-corrected chi connectivity index (χ2v) is 9.19. The smallest absolute Gasteiger partial charge is 0.280 e. The van der Waals surface area contributed by atoms with Gasteiger partial charge in [-0.2, -0.15) is 0 Å². The van der Waals surface area contributed by atoms with Crippen molar-refractivity contribution in [2.24, 2.45) is 0 Å². The lowest BCUT2D eigenvalue weighted by Gasteiger charge is -2.12. The highest BCUT2D eigenvalue weighted by Gasteiger charge is 2.22. The number of nitro groups is 1. The van der Waals surface area contributed by atoms with Gasteiger partial charge in [0.05, 0.1) is 20.4 Å². The topological polar surface area (TPSA) is 135 Å². The molecule has 0 unspecified atom stereocenters. The first-order valence-electron chi connectivity index (χ1n) is 8.13. The lowest BCUT2D eigenvalue weighted by Crippen LogP contribution is -2.16. The normalized spacial score (nSPS) is 11.6. The fraction of sp³-hybridized carbons (Fsp3) is 0. The molecule has 0 spiro atoms. The molecule has 2 N–H and O–H groups in total. The second kappa shape index (κ2) is 7.89. The molecule has 0 aromatic heterocycles. The second-order valence-electron chi connectivity index (χ2n) is 5.83. The third kappa shape index (κ3) is 4.70. The third-order valence-electron chi connectivity index (χ3n) is 3.80. The summed E-state index contributed by atoms with van der Waals surface area (Å²) in [6.45, 7) is 0. The van der Waals surface area contributed by atoms with E-state index in [1.807, 2.05) is 0 Å². The lowest BCUT2D eigenvalue weighted by atomic mass is 10.2. The summed E-state index contributed by atoms with van der Waals surface area (Å²) < 4.78 is 54.4. The van der Waals surface area contributed by atoms with Crippen molar-refractivity contribution in [3.8, 4) is 0 Å². The number of nitrogens with zero attached hydrogens (tertiary/aromatic N) is 1. The number of rotatable bonds is 7. The van der Waals surface area contributed by atoms with E-state index in [-0.39, 0.29) is 21.2 Å². The van der Waals surface area contributed by atoms with E-state index in [2.05, 4.69) is 9.44 Å². The zero-order valence-electron chi connectivity index (χ0n) is 14.7. The largest absolute Gasteiger partial charge is 0.293 e. The van der Waals surface area contributed by atoms with Crippen molar-refractivity contribution >= 4 is 37.1 Å². The van der Waals surface area contributed by atoms with Crippen LogP contribution in [0, 0.1) is 10.1 Å². The molecule has 0 aliphatic rings. The molecular formula is C18H15N3O6S2. The molecule has 150 valence electrons. The first-order valence-corrected chi connectivity index (χ1v) is 11.1. The predicted molar refractivity (Wildman–Crippen MR) is 108 cm³/mol. The van der Waals surface area contributed by atoms with Gasteiger partial charge < -0.3 is 0 Å². The molecule has 0 aliphatic heterocycles. The van der Waals surface area contributed by atoms with Gasteiger partial charge in [-0.3, -0.25) is 19.6 Å². The van der Waals surface area contributed by atoms with Gasteiger partial charge in [-0.05, 0) is 36.4 Å². The van der Waals surface area contributed by atoms with Crippen LogP contribution in [0.5, 0.6) is 0 Å². The van der Waals surface area contributed by atoms with Gasteiger partial charge in [0.2, 0.25) is 0 Å². The maximum absolute atomic E-state index is 12.5. The Kier molecular flexibility index (Phi) is 5.52. The summed E-state index contributed by atoms with van der Waals surface area (Å²) in [5.41, 5.74) is -0.926. The van der Waals surface area contributed by atoms with Crippen molar-refractivity contribution < 1.29 is 21.8 Å². The number of benzene rings is 3. The number of nitrogens with one attached hydrogen (secondary N) is 2. The number of nitro benzene ring substituents is 1. The molecule has 3 rings (SSSR count). The fourth-order valence-electron chi connectivity index (χ4n) is 2.46. The van der Waals surface area contributed by atoms with Crippen LogP contribution in [0.1, 0.15) is 0 Å². The molecule has 0 fully saturated rings. The van der Waals surface area contributed by atoms with Gasteiger partial charge >= 0.3 is 0 Å². The van der Waals surface area contributed by atoms with E-state index in [9.17, 15) is 26.9 Å². The minimum atomic E-state index is -4.11. The first-order chi connectivity index (χ1) is 13.7. The molecule has 29 heavy (non-hydrogen) atoms. The molecule has 0 atom stereocenters. The molecule has 3 aromatic rings. The number of hydrogen-bond acceptors (Lipinski definition) is 6. The summed E-state index contributed by atoms with van der Waals surface area (Å²) in [7, 11) is -8.07. The molecule has 0 saturated heterocycles. The van der Waals surface area contributed by atoms with E-state index < -0.39 is 30.7 Å². The summed E-state index contributed by atoms with van der Waals surface area (Å²) in [6.07, 6.45) is 0. The fourth-order valence-corrected chi connectivity index (χ4v) is 4.61. The van der Waals surface area contributed by atoms with Crippen molar-refractivity contribution in [1.29, 1.82) is 0 Å². The Morgan fingerprint density at radius 3 is 1.66 bits per heavy atom. The summed E-state index contributed by atoms with van der Waals surface area (Å²) in [6, 6.07) is 18.1. The van der Waals surface area contributed by atoms with Crippen LogP contribution in [-0.4, -0.2) is 21.8 Å². The zero-order chi connectivity index (χ0) is 21.1. The molecule has 3 aromatic carbocycles. The van der Waals surface area contributed by atoms with E-state index >= 15 is 0 Å². The minimum absolute atomic E-state index is 0.00947. The minimum Gasteiger partial charge on any atom is -0.280 e. The Hall–Kier alpha value is -3.44. The summed E-state index contributed by atoms with van der Waals surface area (Å²) in [4.78, 5) is 10.4. The maximum atomic E-state index is 12.5. The lowest BCUT2D eigenvalue weighted by molar-refractivity contribution is -0.383. The van der Waals surface area contributed by atoms with Crippen molar-refractivity contribution in [2.45, 2.75) is 9.79 Å². The SMILES string of the molecule is O=[N+]([O-])c1ccc(NS(=O)(=O)c2ccccc2)cc1NS(=O)(=O)c1ccccc1. The highest BCUT2D eigenvalue weighted by atomic mass is 32.2. The van der Waals surface area contributed by atoms with Crippen LogP contribution in [-0.2, 0) is 20.0 Å². The summed E-state index contributed by atoms with van der Waals surface area (Å²) in [5.74, 6) is 0. The highest BCUT2D eigenvalue weighted by molar-refractivity contribution is 7.93. The van der Waals surface area contributed by atoms with Crippen LogP contribution < -0.4 is 9.44 Å². The van der Waals surface area contributed by atoms with Gasteiger partial charge in [-0.15, -0.1) is 0 Å². The van der Waals surface area contributed by atoms with Crippen LogP contribution in [0.25, 0.3) is 0 Å². The molecule has 0 aliphatic carbocycles. The Bertz CT molecular complexity index is 1250. The Morgan fingerprint density at radius 1 is 0.690 bits per heavy atom. The first kappa shape index (κ1) is 20.3. The van der Waals surface area contributed by atoms with E-state index in [0.29, 0.717) is 0 Å². The number of anilines is 2. The Balaban J connectivity index is 1.98. The van der Waals surface area contributed by atoms with E-state index in [4.69, 9.17) is 0 Å². The Labute approximate surface area is 167 Å². The molecule has 0 radical (unpaired) electrons. The molecule has 0 heterocycles.